The van der Waals surface area contributed by atoms with Crippen LogP contribution in [-0.4, -0.2) is 24.4 Å². The molecule has 26 heavy (non-hydrogen) atoms. The summed E-state index contributed by atoms with van der Waals surface area (Å²) in [6.07, 6.45) is -1.63. The maximum atomic E-state index is 13.5. The SMILES string of the molecule is O=C(CC1C=NC=N1)c1ccc(Cc2ccc(Br)cc2)cc1C(F)(F)F. The van der Waals surface area contributed by atoms with Crippen molar-refractivity contribution >= 4 is 34.3 Å². The lowest BCUT2D eigenvalue weighted by molar-refractivity contribution is -0.138. The van der Waals surface area contributed by atoms with Crippen molar-refractivity contribution in [2.45, 2.75) is 25.1 Å². The second-order valence-electron chi connectivity index (χ2n) is 5.94. The third kappa shape index (κ3) is 4.46. The first kappa shape index (κ1) is 18.5. The van der Waals surface area contributed by atoms with Crippen molar-refractivity contribution in [2.75, 3.05) is 0 Å². The molecule has 0 radical (unpaired) electrons. The lowest BCUT2D eigenvalue weighted by Crippen LogP contribution is -2.17. The maximum Gasteiger partial charge on any atom is 0.417 e. The van der Waals surface area contributed by atoms with Crippen LogP contribution in [0.2, 0.25) is 0 Å². The van der Waals surface area contributed by atoms with Gasteiger partial charge in [-0.05, 0) is 35.7 Å². The second-order valence-corrected chi connectivity index (χ2v) is 6.85. The summed E-state index contributed by atoms with van der Waals surface area (Å²) in [6.45, 7) is 0. The van der Waals surface area contributed by atoms with Gasteiger partial charge in [-0.15, -0.1) is 0 Å². The van der Waals surface area contributed by atoms with Gasteiger partial charge in [-0.3, -0.25) is 9.79 Å². The fourth-order valence-corrected chi connectivity index (χ4v) is 2.99. The van der Waals surface area contributed by atoms with Gasteiger partial charge in [0, 0.05) is 22.7 Å². The summed E-state index contributed by atoms with van der Waals surface area (Å²) >= 11 is 3.32. The minimum Gasteiger partial charge on any atom is -0.294 e. The van der Waals surface area contributed by atoms with Crippen LogP contribution >= 0.6 is 15.9 Å². The van der Waals surface area contributed by atoms with Crippen molar-refractivity contribution in [2.24, 2.45) is 9.98 Å². The predicted octanol–water partition coefficient (Wildman–Crippen LogP) is 5.11. The van der Waals surface area contributed by atoms with Crippen LogP contribution in [0.5, 0.6) is 0 Å². The van der Waals surface area contributed by atoms with Gasteiger partial charge in [0.05, 0.1) is 11.6 Å². The van der Waals surface area contributed by atoms with E-state index in [4.69, 9.17) is 0 Å². The molecule has 0 spiro atoms. The van der Waals surface area contributed by atoms with E-state index < -0.39 is 23.6 Å². The summed E-state index contributed by atoms with van der Waals surface area (Å²) in [6, 6.07) is 10.7. The number of rotatable bonds is 5. The third-order valence-electron chi connectivity index (χ3n) is 3.99. The Bertz CT molecular complexity index is 861. The fraction of sp³-hybridized carbons (Fsp3) is 0.211. The van der Waals surface area contributed by atoms with E-state index >= 15 is 0 Å². The Kier molecular flexibility index (Phi) is 5.36. The van der Waals surface area contributed by atoms with Gasteiger partial charge in [-0.2, -0.15) is 13.2 Å². The standard InChI is InChI=1S/C19H14BrF3N2O/c20-14-4-1-12(2-5-14)7-13-3-6-16(17(8-13)19(21,22)23)18(26)9-15-10-24-11-25-15/h1-6,8,10-11,15H,7,9H2. The summed E-state index contributed by atoms with van der Waals surface area (Å²) in [5.74, 6) is -0.594. The zero-order valence-corrected chi connectivity index (χ0v) is 15.1. The van der Waals surface area contributed by atoms with Crippen LogP contribution in [0, 0.1) is 0 Å². The van der Waals surface area contributed by atoms with Gasteiger partial charge < -0.3 is 0 Å². The normalized spacial score (nSPS) is 16.2. The van der Waals surface area contributed by atoms with E-state index in [0.29, 0.717) is 12.0 Å². The molecule has 2 aromatic rings. The van der Waals surface area contributed by atoms with Gasteiger partial charge in [0.1, 0.15) is 6.34 Å². The van der Waals surface area contributed by atoms with Gasteiger partial charge in [0.25, 0.3) is 0 Å². The van der Waals surface area contributed by atoms with E-state index in [1.165, 1.54) is 18.6 Å². The largest absolute Gasteiger partial charge is 0.417 e. The number of carbonyl (C=O) groups is 1. The number of Topliss-reactive ketones (excluding diaryl/α,β-unsaturated/α-hetero) is 1. The molecule has 0 N–H and O–H groups in total. The molecular formula is C19H14BrF3N2O. The van der Waals surface area contributed by atoms with Crippen LogP contribution in [0.1, 0.15) is 33.5 Å². The molecule has 0 fully saturated rings. The zero-order chi connectivity index (χ0) is 18.7. The Labute approximate surface area is 156 Å². The Hall–Kier alpha value is -2.28. The highest BCUT2D eigenvalue weighted by molar-refractivity contribution is 9.10. The first-order valence-corrected chi connectivity index (χ1v) is 8.65. The van der Waals surface area contributed by atoms with Gasteiger partial charge in [-0.25, -0.2) is 4.99 Å². The van der Waals surface area contributed by atoms with Crippen LogP contribution in [0.15, 0.2) is 56.9 Å². The molecule has 0 saturated carbocycles. The Balaban J connectivity index is 1.87. The molecule has 0 aliphatic carbocycles. The second kappa shape index (κ2) is 7.53. The number of hydrogen-bond acceptors (Lipinski definition) is 3. The number of carbonyl (C=O) groups excluding carboxylic acids is 1. The lowest BCUT2D eigenvalue weighted by Gasteiger charge is -2.15. The summed E-state index contributed by atoms with van der Waals surface area (Å²) in [5, 5.41) is 0. The van der Waals surface area contributed by atoms with E-state index in [1.807, 2.05) is 24.3 Å². The van der Waals surface area contributed by atoms with Gasteiger partial charge in [0.2, 0.25) is 0 Å². The van der Waals surface area contributed by atoms with Crippen LogP contribution in [0.3, 0.4) is 0 Å². The van der Waals surface area contributed by atoms with E-state index in [0.717, 1.165) is 16.1 Å². The minimum atomic E-state index is -4.60. The van der Waals surface area contributed by atoms with Crippen molar-refractivity contribution in [3.05, 3.63) is 69.2 Å². The van der Waals surface area contributed by atoms with E-state index in [9.17, 15) is 18.0 Å². The quantitative estimate of drug-likeness (QED) is 0.617. The molecule has 2 aromatic carbocycles. The van der Waals surface area contributed by atoms with Gasteiger partial charge >= 0.3 is 6.18 Å². The first-order chi connectivity index (χ1) is 12.3. The highest BCUT2D eigenvalue weighted by Crippen LogP contribution is 2.34. The predicted molar refractivity (Wildman–Crippen MR) is 98.1 cm³/mol. The Morgan fingerprint density at radius 1 is 1.08 bits per heavy atom. The molecule has 0 amide bonds. The third-order valence-corrected chi connectivity index (χ3v) is 4.52. The Morgan fingerprint density at radius 3 is 2.38 bits per heavy atom. The fourth-order valence-electron chi connectivity index (χ4n) is 2.72. The number of halogens is 4. The average molecular weight is 423 g/mol. The first-order valence-electron chi connectivity index (χ1n) is 7.85. The number of benzene rings is 2. The highest BCUT2D eigenvalue weighted by atomic mass is 79.9. The molecule has 3 rings (SSSR count). The van der Waals surface area contributed by atoms with Crippen LogP contribution in [0.25, 0.3) is 0 Å². The summed E-state index contributed by atoms with van der Waals surface area (Å²) in [5.41, 5.74) is 0.150. The van der Waals surface area contributed by atoms with E-state index in [-0.39, 0.29) is 12.0 Å². The van der Waals surface area contributed by atoms with E-state index in [1.54, 1.807) is 6.07 Å². The van der Waals surface area contributed by atoms with Crippen LogP contribution in [-0.2, 0) is 12.6 Å². The highest BCUT2D eigenvalue weighted by Gasteiger charge is 2.35. The molecule has 7 heteroatoms. The minimum absolute atomic E-state index is 0.130. The molecule has 0 bridgehead atoms. The zero-order valence-electron chi connectivity index (χ0n) is 13.5. The molecule has 1 atom stereocenters. The number of hydrogen-bond donors (Lipinski definition) is 0. The number of nitrogens with zero attached hydrogens (tertiary/aromatic N) is 2. The van der Waals surface area contributed by atoms with Crippen molar-refractivity contribution in [3.8, 4) is 0 Å². The summed E-state index contributed by atoms with van der Waals surface area (Å²) < 4.78 is 41.3. The lowest BCUT2D eigenvalue weighted by atomic mass is 9.94. The monoisotopic (exact) mass is 422 g/mol. The van der Waals surface area contributed by atoms with Crippen molar-refractivity contribution in [1.29, 1.82) is 0 Å². The molecule has 134 valence electrons. The number of aliphatic imine (C=N–C) groups is 2. The molecule has 1 unspecified atom stereocenters. The van der Waals surface area contributed by atoms with Crippen molar-refractivity contribution in [1.82, 2.24) is 0 Å². The van der Waals surface area contributed by atoms with Crippen LogP contribution < -0.4 is 0 Å². The topological polar surface area (TPSA) is 41.8 Å². The Morgan fingerprint density at radius 2 is 1.77 bits per heavy atom. The molecule has 1 aliphatic rings. The average Bonchev–Trinajstić information content (AvgIpc) is 3.09. The van der Waals surface area contributed by atoms with Crippen molar-refractivity contribution in [3.63, 3.8) is 0 Å². The van der Waals surface area contributed by atoms with Gasteiger partial charge in [0.15, 0.2) is 5.78 Å². The van der Waals surface area contributed by atoms with Crippen LogP contribution in [0.4, 0.5) is 13.2 Å². The van der Waals surface area contributed by atoms with E-state index in [2.05, 4.69) is 25.9 Å². The van der Waals surface area contributed by atoms with Crippen molar-refractivity contribution < 1.29 is 18.0 Å². The summed E-state index contributed by atoms with van der Waals surface area (Å²) in [7, 11) is 0. The molecule has 1 aliphatic heterocycles. The van der Waals surface area contributed by atoms with Gasteiger partial charge in [-0.1, -0.05) is 40.2 Å². The molecule has 0 aromatic heterocycles. The summed E-state index contributed by atoms with van der Waals surface area (Å²) in [4.78, 5) is 20.0. The smallest absolute Gasteiger partial charge is 0.294 e. The molecular weight excluding hydrogens is 409 g/mol. The molecule has 3 nitrogen and oxygen atoms in total. The molecule has 1 heterocycles. The number of alkyl halides is 3. The molecule has 0 saturated heterocycles. The maximum absolute atomic E-state index is 13.5. The number of ketones is 1.